The Morgan fingerprint density at radius 2 is 1.61 bits per heavy atom. The third-order valence-electron chi connectivity index (χ3n) is 8.89. The first-order valence-electron chi connectivity index (χ1n) is 13.1. The van der Waals surface area contributed by atoms with Crippen LogP contribution in [0.15, 0.2) is 60.7 Å². The maximum Gasteiger partial charge on any atom is 0.407 e. The zero-order chi connectivity index (χ0) is 26.2. The first-order valence-corrected chi connectivity index (χ1v) is 16.5. The van der Waals surface area contributed by atoms with Gasteiger partial charge < -0.3 is 14.5 Å². The van der Waals surface area contributed by atoms with Crippen LogP contribution in [0.25, 0.3) is 0 Å². The molecule has 0 unspecified atom stereocenters. The zero-order valence-electron chi connectivity index (χ0n) is 22.6. The largest absolute Gasteiger partial charge is 0.445 e. The van der Waals surface area contributed by atoms with Gasteiger partial charge in [-0.1, -0.05) is 81.4 Å². The smallest absolute Gasteiger partial charge is 0.407 e. The van der Waals surface area contributed by atoms with Crippen molar-refractivity contribution in [1.29, 1.82) is 0 Å². The van der Waals surface area contributed by atoms with E-state index in [1.54, 1.807) is 0 Å². The Bertz CT molecular complexity index is 1080. The number of alkyl carbamates (subject to hydrolysis) is 1. The topological polar surface area (TPSA) is 64.6 Å². The van der Waals surface area contributed by atoms with E-state index < -0.39 is 26.1 Å². The zero-order valence-corrected chi connectivity index (χ0v) is 23.6. The van der Waals surface area contributed by atoms with Crippen molar-refractivity contribution < 1.29 is 18.8 Å². The first-order chi connectivity index (χ1) is 16.9. The van der Waals surface area contributed by atoms with Gasteiger partial charge in [0.2, 0.25) is 0 Å². The number of ketones is 1. The van der Waals surface area contributed by atoms with Crippen molar-refractivity contribution in [3.05, 3.63) is 71.8 Å². The number of amides is 1. The molecule has 2 aromatic carbocycles. The Hall–Kier alpha value is -2.44. The van der Waals surface area contributed by atoms with E-state index in [4.69, 9.17) is 9.16 Å². The molecule has 194 valence electrons. The van der Waals surface area contributed by atoms with Gasteiger partial charge in [0.05, 0.1) is 6.04 Å². The number of ether oxygens (including phenoxy) is 1. The fraction of sp³-hybridized carbons (Fsp3) is 0.533. The van der Waals surface area contributed by atoms with Crippen molar-refractivity contribution in [3.63, 3.8) is 0 Å². The van der Waals surface area contributed by atoms with Gasteiger partial charge in [-0.2, -0.15) is 0 Å². The number of carbonyl (C=O) groups is 2. The Morgan fingerprint density at radius 3 is 2.14 bits per heavy atom. The normalized spacial score (nSPS) is 27.4. The van der Waals surface area contributed by atoms with Crippen molar-refractivity contribution in [2.75, 3.05) is 0 Å². The maximum atomic E-state index is 14.4. The molecule has 4 rings (SSSR count). The molecule has 1 amide bonds. The molecule has 2 aromatic rings. The average molecular weight is 508 g/mol. The monoisotopic (exact) mass is 507 g/mol. The molecule has 2 aliphatic carbocycles. The number of carbonyl (C=O) groups excluding carboxylic acids is 2. The predicted octanol–water partition coefficient (Wildman–Crippen LogP) is 7.05. The molecule has 0 aliphatic heterocycles. The van der Waals surface area contributed by atoms with Crippen molar-refractivity contribution in [3.8, 4) is 0 Å². The number of rotatable bonds is 9. The van der Waals surface area contributed by atoms with E-state index in [1.807, 2.05) is 60.7 Å². The van der Waals surface area contributed by atoms with E-state index in [0.29, 0.717) is 5.92 Å². The number of benzene rings is 2. The number of hydrogen-bond acceptors (Lipinski definition) is 4. The molecular formula is C30H41NO4Si. The molecule has 0 radical (unpaired) electrons. The van der Waals surface area contributed by atoms with Crippen LogP contribution in [0.3, 0.4) is 0 Å². The van der Waals surface area contributed by atoms with E-state index >= 15 is 0 Å². The lowest BCUT2D eigenvalue weighted by atomic mass is 9.62. The molecule has 0 saturated heterocycles. The highest BCUT2D eigenvalue weighted by Gasteiger charge is 2.72. The Morgan fingerprint density at radius 1 is 1.00 bits per heavy atom. The molecule has 2 saturated carbocycles. The standard InChI is InChI=1S/C30H41NO4Si/c1-28(2)24-17-18-29(28,3)30(20-24,35-36(4,5)6)26(32)19-25(23-15-11-8-12-16-23)31-27(33)34-21-22-13-9-7-10-14-22/h7-16,24-25H,17-21H2,1-6H3,(H,31,33)/t24-,25-,29-,30-/m1/s1. The predicted molar refractivity (Wildman–Crippen MR) is 145 cm³/mol. The van der Waals surface area contributed by atoms with Gasteiger partial charge >= 0.3 is 6.09 Å². The summed E-state index contributed by atoms with van der Waals surface area (Å²) in [5.41, 5.74) is 0.758. The van der Waals surface area contributed by atoms with Gasteiger partial charge in [-0.25, -0.2) is 4.79 Å². The molecule has 5 nitrogen and oxygen atoms in total. The summed E-state index contributed by atoms with van der Waals surface area (Å²) in [6.07, 6.45) is 2.54. The maximum absolute atomic E-state index is 14.4. The Labute approximate surface area is 217 Å². The van der Waals surface area contributed by atoms with E-state index in [9.17, 15) is 9.59 Å². The van der Waals surface area contributed by atoms with Crippen LogP contribution in [0.4, 0.5) is 4.79 Å². The minimum atomic E-state index is -2.05. The van der Waals surface area contributed by atoms with Crippen LogP contribution in [0.1, 0.15) is 63.6 Å². The van der Waals surface area contributed by atoms with E-state index in [2.05, 4.69) is 45.7 Å². The molecule has 2 aliphatic rings. The van der Waals surface area contributed by atoms with Crippen molar-refractivity contribution in [2.24, 2.45) is 16.7 Å². The summed E-state index contributed by atoms with van der Waals surface area (Å²) in [7, 11) is -2.05. The number of nitrogens with one attached hydrogen (secondary N) is 1. The SMILES string of the molecule is CC1(C)[C@@H]2CC[C@@]1(C)[C@](O[Si](C)(C)C)(C(=O)C[C@@H](NC(=O)OCc1ccccc1)c1ccccc1)C2. The van der Waals surface area contributed by atoms with Gasteiger partial charge in [-0.3, -0.25) is 4.79 Å². The summed E-state index contributed by atoms with van der Waals surface area (Å²) >= 11 is 0. The molecule has 0 aromatic heterocycles. The quantitative estimate of drug-likeness (QED) is 0.369. The molecule has 1 N–H and O–H groups in total. The minimum absolute atomic E-state index is 0.0204. The summed E-state index contributed by atoms with van der Waals surface area (Å²) in [5.74, 6) is 0.557. The number of hydrogen-bond donors (Lipinski definition) is 1. The lowest BCUT2D eigenvalue weighted by Crippen LogP contribution is -2.59. The second kappa shape index (κ2) is 9.79. The fourth-order valence-corrected chi connectivity index (χ4v) is 8.07. The van der Waals surface area contributed by atoms with Gasteiger partial charge in [-0.15, -0.1) is 0 Å². The summed E-state index contributed by atoms with van der Waals surface area (Å²) in [6.45, 7) is 13.5. The van der Waals surface area contributed by atoms with Crippen LogP contribution in [0, 0.1) is 16.7 Å². The van der Waals surface area contributed by atoms with Crippen LogP contribution < -0.4 is 5.32 Å². The van der Waals surface area contributed by atoms with Gasteiger partial charge in [0.25, 0.3) is 0 Å². The molecule has 0 spiro atoms. The third-order valence-corrected chi connectivity index (χ3v) is 9.85. The van der Waals surface area contributed by atoms with Gasteiger partial charge in [0.1, 0.15) is 12.2 Å². The van der Waals surface area contributed by atoms with Crippen molar-refractivity contribution >= 4 is 20.2 Å². The second-order valence-electron chi connectivity index (χ2n) is 12.3. The van der Waals surface area contributed by atoms with Crippen LogP contribution in [-0.2, 0) is 20.6 Å². The Balaban J connectivity index is 1.58. The molecule has 36 heavy (non-hydrogen) atoms. The fourth-order valence-electron chi connectivity index (χ4n) is 6.60. The molecule has 2 bridgehead atoms. The van der Waals surface area contributed by atoms with Crippen LogP contribution in [0.5, 0.6) is 0 Å². The van der Waals surface area contributed by atoms with Crippen molar-refractivity contribution in [1.82, 2.24) is 5.32 Å². The molecular weight excluding hydrogens is 466 g/mol. The number of Topliss-reactive ketones (excluding diaryl/α,β-unsaturated/α-hetero) is 1. The molecule has 6 heteroatoms. The van der Waals surface area contributed by atoms with E-state index in [1.165, 1.54) is 0 Å². The summed E-state index contributed by atoms with van der Waals surface area (Å²) in [5, 5.41) is 2.99. The van der Waals surface area contributed by atoms with Crippen LogP contribution in [-0.4, -0.2) is 25.8 Å². The number of fused-ring (bicyclic) bond motifs is 2. The highest BCUT2D eigenvalue weighted by atomic mass is 28.4. The molecule has 0 heterocycles. The molecule has 4 atom stereocenters. The van der Waals surface area contributed by atoms with E-state index in [-0.39, 0.29) is 29.6 Å². The molecule has 2 fully saturated rings. The van der Waals surface area contributed by atoms with Crippen LogP contribution >= 0.6 is 0 Å². The van der Waals surface area contributed by atoms with E-state index in [0.717, 1.165) is 30.4 Å². The highest BCUT2D eigenvalue weighted by molar-refractivity contribution is 6.70. The summed E-state index contributed by atoms with van der Waals surface area (Å²) in [6, 6.07) is 18.8. The summed E-state index contributed by atoms with van der Waals surface area (Å²) in [4.78, 5) is 27.2. The summed E-state index contributed by atoms with van der Waals surface area (Å²) < 4.78 is 12.4. The average Bonchev–Trinajstić information content (AvgIpc) is 3.15. The lowest BCUT2D eigenvalue weighted by Gasteiger charge is -2.50. The lowest BCUT2D eigenvalue weighted by molar-refractivity contribution is -0.152. The van der Waals surface area contributed by atoms with Crippen LogP contribution in [0.2, 0.25) is 19.6 Å². The van der Waals surface area contributed by atoms with Gasteiger partial charge in [-0.05, 0) is 61.4 Å². The second-order valence-corrected chi connectivity index (χ2v) is 16.8. The first kappa shape index (κ1) is 26.6. The highest BCUT2D eigenvalue weighted by Crippen LogP contribution is 2.71. The Kier molecular flexibility index (Phi) is 7.24. The minimum Gasteiger partial charge on any atom is -0.445 e. The third kappa shape index (κ3) is 4.90. The van der Waals surface area contributed by atoms with Gasteiger partial charge in [0, 0.05) is 11.8 Å². The van der Waals surface area contributed by atoms with Gasteiger partial charge in [0.15, 0.2) is 14.1 Å². The van der Waals surface area contributed by atoms with Crippen molar-refractivity contribution in [2.45, 2.75) is 84.3 Å².